The molecular weight excluding hydrogens is 196 g/mol. The number of hydrogen-bond acceptors (Lipinski definition) is 1. The number of hydrogen-bond donors (Lipinski definition) is 1. The van der Waals surface area contributed by atoms with Crippen molar-refractivity contribution in [1.82, 2.24) is 10.2 Å². The van der Waals surface area contributed by atoms with Crippen LogP contribution in [-0.2, 0) is 6.42 Å². The molecule has 0 aliphatic rings. The fourth-order valence-electron chi connectivity index (χ4n) is 1.31. The van der Waals surface area contributed by atoms with Gasteiger partial charge in [0, 0.05) is 16.3 Å². The van der Waals surface area contributed by atoms with Crippen LogP contribution >= 0.6 is 11.6 Å². The smallest absolute Gasteiger partial charge is 0.0923 e. The zero-order valence-electron chi connectivity index (χ0n) is 7.92. The normalized spacial score (nSPS) is 10.4. The molecule has 1 aromatic carbocycles. The van der Waals surface area contributed by atoms with Crippen LogP contribution in [0.2, 0.25) is 5.02 Å². The van der Waals surface area contributed by atoms with Crippen molar-refractivity contribution < 1.29 is 0 Å². The summed E-state index contributed by atoms with van der Waals surface area (Å²) in [4.78, 5) is 0. The number of nitrogens with zero attached hydrogens (tertiary/aromatic N) is 1. The Kier molecular flexibility index (Phi) is 2.55. The quantitative estimate of drug-likeness (QED) is 0.803. The van der Waals surface area contributed by atoms with Crippen LogP contribution in [0.4, 0.5) is 0 Å². The summed E-state index contributed by atoms with van der Waals surface area (Å²) in [5, 5.41) is 7.95. The first-order valence-electron chi connectivity index (χ1n) is 4.60. The molecule has 2 aromatic rings. The van der Waals surface area contributed by atoms with E-state index >= 15 is 0 Å². The number of aryl methyl sites for hydroxylation is 1. The summed E-state index contributed by atoms with van der Waals surface area (Å²) in [5.74, 6) is 0. The molecule has 0 radical (unpaired) electrons. The van der Waals surface area contributed by atoms with Crippen LogP contribution in [0.5, 0.6) is 0 Å². The Morgan fingerprint density at radius 1 is 1.29 bits per heavy atom. The van der Waals surface area contributed by atoms with E-state index in [0.29, 0.717) is 0 Å². The van der Waals surface area contributed by atoms with Gasteiger partial charge in [0.15, 0.2) is 0 Å². The molecule has 1 aromatic heterocycles. The van der Waals surface area contributed by atoms with Gasteiger partial charge in [-0.05, 0) is 24.6 Å². The summed E-state index contributed by atoms with van der Waals surface area (Å²) in [7, 11) is 0. The lowest BCUT2D eigenvalue weighted by atomic mass is 10.1. The Morgan fingerprint density at radius 2 is 2.00 bits per heavy atom. The summed E-state index contributed by atoms with van der Waals surface area (Å²) < 4.78 is 0. The van der Waals surface area contributed by atoms with Gasteiger partial charge in [-0.3, -0.25) is 5.10 Å². The number of aromatic amines is 1. The average Bonchev–Trinajstić information content (AvgIpc) is 2.67. The summed E-state index contributed by atoms with van der Waals surface area (Å²) in [6.45, 7) is 2.10. The topological polar surface area (TPSA) is 28.7 Å². The van der Waals surface area contributed by atoms with Crippen molar-refractivity contribution in [3.05, 3.63) is 41.0 Å². The third-order valence-electron chi connectivity index (χ3n) is 2.15. The molecule has 0 unspecified atom stereocenters. The van der Waals surface area contributed by atoms with Gasteiger partial charge in [0.05, 0.1) is 5.69 Å². The SMILES string of the molecule is CCc1cc(-c2ccc(Cl)cc2)n[nH]1. The molecule has 0 atom stereocenters. The third kappa shape index (κ3) is 1.80. The minimum Gasteiger partial charge on any atom is -0.282 e. The van der Waals surface area contributed by atoms with Gasteiger partial charge in [-0.2, -0.15) is 5.10 Å². The standard InChI is InChI=1S/C11H11ClN2/c1-2-10-7-11(14-13-10)8-3-5-9(12)6-4-8/h3-7H,2H2,1H3,(H,13,14). The van der Waals surface area contributed by atoms with E-state index in [-0.39, 0.29) is 0 Å². The summed E-state index contributed by atoms with van der Waals surface area (Å²) in [6, 6.07) is 9.74. The van der Waals surface area contributed by atoms with Crippen LogP contribution in [0, 0.1) is 0 Å². The Balaban J connectivity index is 2.34. The number of H-pyrrole nitrogens is 1. The summed E-state index contributed by atoms with van der Waals surface area (Å²) in [6.07, 6.45) is 0.973. The monoisotopic (exact) mass is 206 g/mol. The van der Waals surface area contributed by atoms with E-state index in [0.717, 1.165) is 28.4 Å². The molecule has 0 amide bonds. The Bertz CT molecular complexity index is 417. The van der Waals surface area contributed by atoms with Gasteiger partial charge >= 0.3 is 0 Å². The van der Waals surface area contributed by atoms with Crippen LogP contribution < -0.4 is 0 Å². The van der Waals surface area contributed by atoms with E-state index in [2.05, 4.69) is 23.2 Å². The first-order valence-corrected chi connectivity index (χ1v) is 4.97. The predicted molar refractivity (Wildman–Crippen MR) is 58.4 cm³/mol. The lowest BCUT2D eigenvalue weighted by molar-refractivity contribution is 0.976. The lowest BCUT2D eigenvalue weighted by Gasteiger charge is -1.94. The minimum absolute atomic E-state index is 0.750. The highest BCUT2D eigenvalue weighted by molar-refractivity contribution is 6.30. The van der Waals surface area contributed by atoms with Crippen molar-refractivity contribution >= 4 is 11.6 Å². The van der Waals surface area contributed by atoms with Crippen molar-refractivity contribution in [2.45, 2.75) is 13.3 Å². The van der Waals surface area contributed by atoms with E-state index in [9.17, 15) is 0 Å². The molecule has 0 saturated heterocycles. The number of rotatable bonds is 2. The zero-order chi connectivity index (χ0) is 9.97. The molecule has 0 spiro atoms. The highest BCUT2D eigenvalue weighted by Crippen LogP contribution is 2.20. The maximum absolute atomic E-state index is 5.80. The second kappa shape index (κ2) is 3.84. The molecule has 0 aliphatic heterocycles. The van der Waals surface area contributed by atoms with Crippen LogP contribution in [-0.4, -0.2) is 10.2 Å². The van der Waals surface area contributed by atoms with Gasteiger partial charge < -0.3 is 0 Å². The number of aromatic nitrogens is 2. The highest BCUT2D eigenvalue weighted by Gasteiger charge is 2.01. The van der Waals surface area contributed by atoms with Crippen molar-refractivity contribution in [2.75, 3.05) is 0 Å². The maximum atomic E-state index is 5.80. The molecule has 0 aliphatic carbocycles. The molecule has 14 heavy (non-hydrogen) atoms. The van der Waals surface area contributed by atoms with Crippen LogP contribution in [0.3, 0.4) is 0 Å². The minimum atomic E-state index is 0.750. The van der Waals surface area contributed by atoms with E-state index in [1.54, 1.807) is 0 Å². The molecule has 0 bridgehead atoms. The maximum Gasteiger partial charge on any atom is 0.0923 e. The zero-order valence-corrected chi connectivity index (χ0v) is 8.67. The lowest BCUT2D eigenvalue weighted by Crippen LogP contribution is -1.77. The second-order valence-corrected chi connectivity index (χ2v) is 3.58. The average molecular weight is 207 g/mol. The second-order valence-electron chi connectivity index (χ2n) is 3.14. The predicted octanol–water partition coefficient (Wildman–Crippen LogP) is 3.29. The number of benzene rings is 1. The Morgan fingerprint density at radius 3 is 2.57 bits per heavy atom. The van der Waals surface area contributed by atoms with Gasteiger partial charge in [0.25, 0.3) is 0 Å². The molecule has 1 heterocycles. The molecule has 0 saturated carbocycles. The number of halogens is 1. The number of nitrogens with one attached hydrogen (secondary N) is 1. The highest BCUT2D eigenvalue weighted by atomic mass is 35.5. The van der Waals surface area contributed by atoms with Crippen LogP contribution in [0.1, 0.15) is 12.6 Å². The van der Waals surface area contributed by atoms with E-state index in [4.69, 9.17) is 11.6 Å². The van der Waals surface area contributed by atoms with Gasteiger partial charge in [0.1, 0.15) is 0 Å². The van der Waals surface area contributed by atoms with E-state index in [1.807, 2.05) is 24.3 Å². The van der Waals surface area contributed by atoms with Crippen molar-refractivity contribution in [2.24, 2.45) is 0 Å². The van der Waals surface area contributed by atoms with Crippen molar-refractivity contribution in [1.29, 1.82) is 0 Å². The van der Waals surface area contributed by atoms with Crippen molar-refractivity contribution in [3.63, 3.8) is 0 Å². The molecule has 2 rings (SSSR count). The third-order valence-corrected chi connectivity index (χ3v) is 2.40. The summed E-state index contributed by atoms with van der Waals surface area (Å²) >= 11 is 5.80. The summed E-state index contributed by atoms with van der Waals surface area (Å²) in [5.41, 5.74) is 3.21. The fraction of sp³-hybridized carbons (Fsp3) is 0.182. The van der Waals surface area contributed by atoms with Gasteiger partial charge in [-0.1, -0.05) is 30.7 Å². The van der Waals surface area contributed by atoms with Gasteiger partial charge in [-0.25, -0.2) is 0 Å². The molecule has 3 heteroatoms. The first-order chi connectivity index (χ1) is 6.79. The largest absolute Gasteiger partial charge is 0.282 e. The fourth-order valence-corrected chi connectivity index (χ4v) is 1.44. The molecular formula is C11H11ClN2. The van der Waals surface area contributed by atoms with E-state index in [1.165, 1.54) is 0 Å². The first kappa shape index (κ1) is 9.28. The van der Waals surface area contributed by atoms with Gasteiger partial charge in [0.2, 0.25) is 0 Å². The molecule has 1 N–H and O–H groups in total. The van der Waals surface area contributed by atoms with Crippen molar-refractivity contribution in [3.8, 4) is 11.3 Å². The van der Waals surface area contributed by atoms with E-state index < -0.39 is 0 Å². The van der Waals surface area contributed by atoms with Gasteiger partial charge in [-0.15, -0.1) is 0 Å². The molecule has 72 valence electrons. The molecule has 0 fully saturated rings. The molecule has 2 nitrogen and oxygen atoms in total. The Hall–Kier alpha value is -1.28. The van der Waals surface area contributed by atoms with Crippen LogP contribution in [0.15, 0.2) is 30.3 Å². The van der Waals surface area contributed by atoms with Crippen LogP contribution in [0.25, 0.3) is 11.3 Å². The Labute approximate surface area is 87.9 Å².